The Morgan fingerprint density at radius 3 is 2.57 bits per heavy atom. The number of benzene rings is 1. The number of carbonyl (C=O) groups excluding carboxylic acids is 2. The highest BCUT2D eigenvalue weighted by Crippen LogP contribution is 2.45. The maximum absolute atomic E-state index is 14.0. The second-order valence-corrected chi connectivity index (χ2v) is 8.73. The molecule has 0 bridgehead atoms. The van der Waals surface area contributed by atoms with Gasteiger partial charge >= 0.3 is 0 Å². The van der Waals surface area contributed by atoms with Crippen LogP contribution in [0.4, 0.5) is 4.39 Å². The quantitative estimate of drug-likeness (QED) is 0.822. The fourth-order valence-corrected chi connectivity index (χ4v) is 4.65. The maximum Gasteiger partial charge on any atom is 0.275 e. The van der Waals surface area contributed by atoms with Crippen LogP contribution in [0.15, 0.2) is 48.7 Å². The van der Waals surface area contributed by atoms with E-state index >= 15 is 0 Å². The van der Waals surface area contributed by atoms with Crippen LogP contribution in [0.3, 0.4) is 0 Å². The molecule has 1 atom stereocenters. The highest BCUT2D eigenvalue weighted by Gasteiger charge is 2.58. The standard InChI is InChI=1S/C23H27FN4O2/c1-16(2)26-21(29)18-12-27(11-17-7-4-3-5-8-17)13-23(18)14-28(15-23)22(30)20-19(24)9-6-10-25-20/h3-10,16,18H,11-15H2,1-2H3,(H,26,29). The maximum atomic E-state index is 14.0. The molecule has 1 N–H and O–H groups in total. The number of halogens is 1. The predicted molar refractivity (Wildman–Crippen MR) is 111 cm³/mol. The number of likely N-dealkylation sites (tertiary alicyclic amines) is 2. The van der Waals surface area contributed by atoms with Crippen molar-refractivity contribution in [2.75, 3.05) is 26.2 Å². The summed E-state index contributed by atoms with van der Waals surface area (Å²) >= 11 is 0. The summed E-state index contributed by atoms with van der Waals surface area (Å²) in [5.74, 6) is -1.21. The molecule has 1 unspecified atom stereocenters. The third kappa shape index (κ3) is 3.94. The Hall–Kier alpha value is -2.80. The summed E-state index contributed by atoms with van der Waals surface area (Å²) in [6.45, 7) is 6.90. The fourth-order valence-electron chi connectivity index (χ4n) is 4.65. The zero-order chi connectivity index (χ0) is 21.3. The van der Waals surface area contributed by atoms with Gasteiger partial charge in [0.25, 0.3) is 5.91 Å². The van der Waals surface area contributed by atoms with Gasteiger partial charge in [-0.2, -0.15) is 0 Å². The second-order valence-electron chi connectivity index (χ2n) is 8.73. The summed E-state index contributed by atoms with van der Waals surface area (Å²) in [7, 11) is 0. The Morgan fingerprint density at radius 1 is 1.17 bits per heavy atom. The van der Waals surface area contributed by atoms with E-state index in [0.29, 0.717) is 19.6 Å². The first kappa shape index (κ1) is 20.5. The number of carbonyl (C=O) groups is 2. The highest BCUT2D eigenvalue weighted by molar-refractivity contribution is 5.93. The average molecular weight is 410 g/mol. The average Bonchev–Trinajstić information content (AvgIpc) is 3.06. The number of rotatable bonds is 5. The first-order chi connectivity index (χ1) is 14.4. The molecule has 6 nitrogen and oxygen atoms in total. The van der Waals surface area contributed by atoms with Crippen LogP contribution in [-0.2, 0) is 11.3 Å². The van der Waals surface area contributed by atoms with Crippen molar-refractivity contribution >= 4 is 11.8 Å². The van der Waals surface area contributed by atoms with E-state index in [1.807, 2.05) is 32.0 Å². The molecule has 3 heterocycles. The van der Waals surface area contributed by atoms with Gasteiger partial charge in [0, 0.05) is 50.4 Å². The van der Waals surface area contributed by atoms with Crippen LogP contribution in [0.5, 0.6) is 0 Å². The molecule has 0 aliphatic carbocycles. The van der Waals surface area contributed by atoms with E-state index in [1.165, 1.54) is 23.9 Å². The smallest absolute Gasteiger partial charge is 0.275 e. The van der Waals surface area contributed by atoms with Crippen molar-refractivity contribution < 1.29 is 14.0 Å². The molecule has 2 amide bonds. The molecule has 158 valence electrons. The number of hydrogen-bond donors (Lipinski definition) is 1. The third-order valence-electron chi connectivity index (χ3n) is 5.97. The van der Waals surface area contributed by atoms with Gasteiger partial charge < -0.3 is 10.2 Å². The minimum atomic E-state index is -0.616. The molecule has 2 aliphatic rings. The molecule has 1 aromatic carbocycles. The third-order valence-corrected chi connectivity index (χ3v) is 5.97. The van der Waals surface area contributed by atoms with Gasteiger partial charge in [-0.05, 0) is 31.5 Å². The molecule has 1 aromatic heterocycles. The van der Waals surface area contributed by atoms with Gasteiger partial charge in [-0.15, -0.1) is 0 Å². The summed E-state index contributed by atoms with van der Waals surface area (Å²) in [6, 6.07) is 12.9. The summed E-state index contributed by atoms with van der Waals surface area (Å²) in [6.07, 6.45) is 1.42. The Kier molecular flexibility index (Phi) is 5.56. The van der Waals surface area contributed by atoms with Crippen LogP contribution in [0.2, 0.25) is 0 Å². The normalized spacial score (nSPS) is 20.4. The van der Waals surface area contributed by atoms with E-state index in [-0.39, 0.29) is 29.0 Å². The monoisotopic (exact) mass is 410 g/mol. The molecule has 0 radical (unpaired) electrons. The summed E-state index contributed by atoms with van der Waals surface area (Å²) < 4.78 is 14.0. The fraction of sp³-hybridized carbons (Fsp3) is 0.435. The highest BCUT2D eigenvalue weighted by atomic mass is 19.1. The summed E-state index contributed by atoms with van der Waals surface area (Å²) in [5.41, 5.74) is 0.726. The van der Waals surface area contributed by atoms with Crippen LogP contribution in [0.1, 0.15) is 29.9 Å². The zero-order valence-corrected chi connectivity index (χ0v) is 17.3. The largest absolute Gasteiger partial charge is 0.354 e. The van der Waals surface area contributed by atoms with E-state index in [4.69, 9.17) is 0 Å². The molecule has 2 fully saturated rings. The minimum Gasteiger partial charge on any atom is -0.354 e. The van der Waals surface area contributed by atoms with Gasteiger partial charge in [0.05, 0.1) is 5.92 Å². The Bertz CT molecular complexity index is 928. The second kappa shape index (κ2) is 8.14. The van der Waals surface area contributed by atoms with E-state index in [9.17, 15) is 14.0 Å². The number of hydrogen-bond acceptors (Lipinski definition) is 4. The van der Waals surface area contributed by atoms with Crippen molar-refractivity contribution in [1.82, 2.24) is 20.1 Å². The molecule has 4 rings (SSSR count). The molecule has 7 heteroatoms. The van der Waals surface area contributed by atoms with E-state index in [1.54, 1.807) is 4.90 Å². The number of nitrogens with zero attached hydrogens (tertiary/aromatic N) is 3. The van der Waals surface area contributed by atoms with Crippen LogP contribution in [0.25, 0.3) is 0 Å². The Labute approximate surface area is 176 Å². The first-order valence-electron chi connectivity index (χ1n) is 10.3. The Morgan fingerprint density at radius 2 is 1.90 bits per heavy atom. The lowest BCUT2D eigenvalue weighted by Crippen LogP contribution is -2.64. The van der Waals surface area contributed by atoms with Crippen molar-refractivity contribution in [2.24, 2.45) is 11.3 Å². The van der Waals surface area contributed by atoms with Crippen LogP contribution >= 0.6 is 0 Å². The van der Waals surface area contributed by atoms with Crippen molar-refractivity contribution in [3.8, 4) is 0 Å². The SMILES string of the molecule is CC(C)NC(=O)C1CN(Cc2ccccc2)CC12CN(C(=O)c1ncccc1F)C2. The molecule has 2 saturated heterocycles. The van der Waals surface area contributed by atoms with E-state index in [0.717, 1.165) is 13.1 Å². The van der Waals surface area contributed by atoms with Gasteiger partial charge in [0.1, 0.15) is 0 Å². The molecule has 0 saturated carbocycles. The lowest BCUT2D eigenvalue weighted by molar-refractivity contribution is -0.131. The topological polar surface area (TPSA) is 65.5 Å². The van der Waals surface area contributed by atoms with Crippen molar-refractivity contribution in [2.45, 2.75) is 26.4 Å². The van der Waals surface area contributed by atoms with Gasteiger partial charge in [0.15, 0.2) is 11.5 Å². The van der Waals surface area contributed by atoms with Gasteiger partial charge in [-0.3, -0.25) is 14.5 Å². The molecule has 1 spiro atoms. The zero-order valence-electron chi connectivity index (χ0n) is 17.3. The van der Waals surface area contributed by atoms with Crippen molar-refractivity contribution in [1.29, 1.82) is 0 Å². The number of aromatic nitrogens is 1. The molecule has 2 aliphatic heterocycles. The summed E-state index contributed by atoms with van der Waals surface area (Å²) in [4.78, 5) is 33.5. The van der Waals surface area contributed by atoms with Crippen LogP contribution in [0, 0.1) is 17.2 Å². The molecular formula is C23H27FN4O2. The number of pyridine rings is 1. The van der Waals surface area contributed by atoms with Gasteiger partial charge in [-0.25, -0.2) is 9.37 Å². The lowest BCUT2D eigenvalue weighted by atomic mass is 9.71. The van der Waals surface area contributed by atoms with Crippen molar-refractivity contribution in [3.63, 3.8) is 0 Å². The Balaban J connectivity index is 1.50. The van der Waals surface area contributed by atoms with E-state index < -0.39 is 11.7 Å². The van der Waals surface area contributed by atoms with Gasteiger partial charge in [-0.1, -0.05) is 30.3 Å². The molecular weight excluding hydrogens is 383 g/mol. The lowest BCUT2D eigenvalue weighted by Gasteiger charge is -2.50. The van der Waals surface area contributed by atoms with Gasteiger partial charge in [0.2, 0.25) is 5.91 Å². The van der Waals surface area contributed by atoms with Crippen LogP contribution < -0.4 is 5.32 Å². The molecule has 2 aromatic rings. The predicted octanol–water partition coefficient (Wildman–Crippen LogP) is 2.32. The summed E-state index contributed by atoms with van der Waals surface area (Å²) in [5, 5.41) is 3.04. The van der Waals surface area contributed by atoms with E-state index in [2.05, 4.69) is 27.3 Å². The first-order valence-corrected chi connectivity index (χ1v) is 10.3. The van der Waals surface area contributed by atoms with Crippen LogP contribution in [-0.4, -0.2) is 58.8 Å². The molecule has 30 heavy (non-hydrogen) atoms. The number of amides is 2. The number of nitrogens with one attached hydrogen (secondary N) is 1. The minimum absolute atomic E-state index is 0.0247. The van der Waals surface area contributed by atoms with Crippen molar-refractivity contribution in [3.05, 3.63) is 65.7 Å².